The largest absolute Gasteiger partial charge is 0.320 e. The predicted octanol–water partition coefficient (Wildman–Crippen LogP) is 1.56. The average molecular weight is 215 g/mol. The zero-order valence-corrected chi connectivity index (χ0v) is 7.82. The Balaban J connectivity index is 2.56. The van der Waals surface area contributed by atoms with Gasteiger partial charge in [0.15, 0.2) is 0 Å². The summed E-state index contributed by atoms with van der Waals surface area (Å²) in [7, 11) is 0. The number of halogens is 1. The molecule has 5 nitrogen and oxygen atoms in total. The van der Waals surface area contributed by atoms with Crippen LogP contribution in [0.15, 0.2) is 24.3 Å². The van der Waals surface area contributed by atoms with Crippen molar-refractivity contribution in [2.75, 3.05) is 11.9 Å². The van der Waals surface area contributed by atoms with E-state index >= 15 is 0 Å². The molecule has 0 saturated heterocycles. The van der Waals surface area contributed by atoms with Crippen LogP contribution in [0, 0.1) is 10.1 Å². The number of anilines is 1. The number of hydrogen-bond acceptors (Lipinski definition) is 3. The summed E-state index contributed by atoms with van der Waals surface area (Å²) in [6.45, 7) is -0.734. The number of nitrogens with one attached hydrogen (secondary N) is 1. The first-order valence-corrected chi connectivity index (χ1v) is 4.13. The molecule has 0 fully saturated rings. The summed E-state index contributed by atoms with van der Waals surface area (Å²) in [5.74, 6) is -0.655. The van der Waals surface area contributed by atoms with Crippen LogP contribution in [0.5, 0.6) is 0 Å². The van der Waals surface area contributed by atoms with Gasteiger partial charge in [-0.05, 0) is 24.3 Å². The van der Waals surface area contributed by atoms with Gasteiger partial charge in [0.1, 0.15) is 0 Å². The highest BCUT2D eigenvalue weighted by molar-refractivity contribution is 6.30. The summed E-state index contributed by atoms with van der Waals surface area (Å²) in [6.07, 6.45) is 0. The van der Waals surface area contributed by atoms with E-state index in [1.54, 1.807) is 24.3 Å². The first-order valence-electron chi connectivity index (χ1n) is 3.75. The number of rotatable bonds is 3. The van der Waals surface area contributed by atoms with Crippen LogP contribution in [-0.2, 0) is 4.79 Å². The minimum absolute atomic E-state index is 0.487. The Morgan fingerprint density at radius 2 is 2.00 bits per heavy atom. The molecule has 0 aliphatic rings. The van der Waals surface area contributed by atoms with Gasteiger partial charge >= 0.3 is 0 Å². The summed E-state index contributed by atoms with van der Waals surface area (Å²) >= 11 is 5.61. The van der Waals surface area contributed by atoms with Gasteiger partial charge in [-0.3, -0.25) is 14.9 Å². The lowest BCUT2D eigenvalue weighted by atomic mass is 10.3. The van der Waals surface area contributed by atoms with E-state index in [9.17, 15) is 14.9 Å². The molecule has 1 aromatic rings. The molecule has 1 amide bonds. The van der Waals surface area contributed by atoms with Crippen molar-refractivity contribution in [3.63, 3.8) is 0 Å². The topological polar surface area (TPSA) is 72.2 Å². The van der Waals surface area contributed by atoms with Crippen LogP contribution < -0.4 is 5.32 Å². The molecule has 14 heavy (non-hydrogen) atoms. The monoisotopic (exact) mass is 214 g/mol. The zero-order chi connectivity index (χ0) is 10.6. The quantitative estimate of drug-likeness (QED) is 0.613. The molecule has 0 radical (unpaired) electrons. The molecule has 1 aromatic carbocycles. The van der Waals surface area contributed by atoms with Crippen LogP contribution in [0.2, 0.25) is 5.02 Å². The Morgan fingerprint density at radius 3 is 2.50 bits per heavy atom. The van der Waals surface area contributed by atoms with Gasteiger partial charge in [0, 0.05) is 15.6 Å². The standard InChI is InChI=1S/C8H7ClN2O3/c9-6-1-3-7(4-2-6)10-8(12)5-11(13)14/h1-4H,5H2,(H,10,12). The van der Waals surface area contributed by atoms with Crippen LogP contribution in [0.25, 0.3) is 0 Å². The highest BCUT2D eigenvalue weighted by Gasteiger charge is 2.08. The Bertz CT molecular complexity index is 350. The molecule has 1 N–H and O–H groups in total. The minimum Gasteiger partial charge on any atom is -0.320 e. The van der Waals surface area contributed by atoms with E-state index in [0.717, 1.165) is 0 Å². The van der Waals surface area contributed by atoms with Gasteiger partial charge in [-0.25, -0.2) is 0 Å². The first-order chi connectivity index (χ1) is 6.58. The molecular formula is C8H7ClN2O3. The van der Waals surface area contributed by atoms with E-state index in [2.05, 4.69) is 5.32 Å². The van der Waals surface area contributed by atoms with Gasteiger partial charge in [0.05, 0.1) is 0 Å². The van der Waals surface area contributed by atoms with Gasteiger partial charge in [0.2, 0.25) is 0 Å². The molecule has 0 aliphatic carbocycles. The van der Waals surface area contributed by atoms with E-state index in [1.165, 1.54) is 0 Å². The molecule has 0 unspecified atom stereocenters. The smallest absolute Gasteiger partial charge is 0.296 e. The van der Waals surface area contributed by atoms with Crippen LogP contribution in [0.1, 0.15) is 0 Å². The number of nitrogens with zero attached hydrogens (tertiary/aromatic N) is 1. The second-order valence-corrected chi connectivity index (χ2v) is 2.98. The fraction of sp³-hybridized carbons (Fsp3) is 0.125. The summed E-state index contributed by atoms with van der Waals surface area (Å²) in [4.78, 5) is 20.2. The third kappa shape index (κ3) is 3.40. The van der Waals surface area contributed by atoms with Crippen molar-refractivity contribution < 1.29 is 9.72 Å². The number of nitro groups is 1. The van der Waals surface area contributed by atoms with E-state index in [1.807, 2.05) is 0 Å². The number of carbonyl (C=O) groups is 1. The van der Waals surface area contributed by atoms with E-state index in [0.29, 0.717) is 10.7 Å². The maximum Gasteiger partial charge on any atom is 0.296 e. The predicted molar refractivity (Wildman–Crippen MR) is 51.9 cm³/mol. The second kappa shape index (κ2) is 4.57. The molecule has 74 valence electrons. The molecule has 0 atom stereocenters. The Kier molecular flexibility index (Phi) is 3.41. The van der Waals surface area contributed by atoms with Crippen LogP contribution in [0.3, 0.4) is 0 Å². The van der Waals surface area contributed by atoms with Crippen molar-refractivity contribution in [2.45, 2.75) is 0 Å². The van der Waals surface area contributed by atoms with Gasteiger partial charge in [0.25, 0.3) is 12.5 Å². The zero-order valence-electron chi connectivity index (χ0n) is 7.07. The molecule has 1 rings (SSSR count). The van der Waals surface area contributed by atoms with Gasteiger partial charge in [-0.2, -0.15) is 0 Å². The Morgan fingerprint density at radius 1 is 1.43 bits per heavy atom. The SMILES string of the molecule is O=C(C[N+](=O)[O-])Nc1ccc(Cl)cc1. The maximum atomic E-state index is 10.9. The fourth-order valence-electron chi connectivity index (χ4n) is 0.851. The highest BCUT2D eigenvalue weighted by atomic mass is 35.5. The first kappa shape index (κ1) is 10.5. The molecule has 0 heterocycles. The van der Waals surface area contributed by atoms with Gasteiger partial charge in [-0.15, -0.1) is 0 Å². The van der Waals surface area contributed by atoms with Gasteiger partial charge in [-0.1, -0.05) is 11.6 Å². The maximum absolute atomic E-state index is 10.9. The molecule has 0 spiro atoms. The number of amides is 1. The lowest BCUT2D eigenvalue weighted by Gasteiger charge is -2.01. The third-order valence-corrected chi connectivity index (χ3v) is 1.65. The van der Waals surface area contributed by atoms with Crippen molar-refractivity contribution in [3.05, 3.63) is 39.4 Å². The molecule has 0 aliphatic heterocycles. The van der Waals surface area contributed by atoms with Crippen LogP contribution >= 0.6 is 11.6 Å². The summed E-state index contributed by atoms with van der Waals surface area (Å²) in [5.41, 5.74) is 0.487. The van der Waals surface area contributed by atoms with E-state index in [4.69, 9.17) is 11.6 Å². The Hall–Kier alpha value is -1.62. The van der Waals surface area contributed by atoms with Crippen molar-refractivity contribution >= 4 is 23.2 Å². The van der Waals surface area contributed by atoms with Crippen LogP contribution in [-0.4, -0.2) is 17.4 Å². The average Bonchev–Trinajstić information content (AvgIpc) is 2.07. The van der Waals surface area contributed by atoms with Gasteiger partial charge < -0.3 is 5.32 Å². The minimum atomic E-state index is -0.734. The second-order valence-electron chi connectivity index (χ2n) is 2.55. The molecule has 6 heteroatoms. The number of hydrogen-bond donors (Lipinski definition) is 1. The summed E-state index contributed by atoms with van der Waals surface area (Å²) in [6, 6.07) is 6.31. The third-order valence-electron chi connectivity index (χ3n) is 1.40. The van der Waals surface area contributed by atoms with Crippen molar-refractivity contribution in [1.82, 2.24) is 0 Å². The van der Waals surface area contributed by atoms with Crippen molar-refractivity contribution in [2.24, 2.45) is 0 Å². The molecule has 0 aromatic heterocycles. The van der Waals surface area contributed by atoms with E-state index in [-0.39, 0.29) is 0 Å². The lowest BCUT2D eigenvalue weighted by molar-refractivity contribution is -0.467. The van der Waals surface area contributed by atoms with Crippen LogP contribution in [0.4, 0.5) is 5.69 Å². The normalized spacial score (nSPS) is 9.50. The van der Waals surface area contributed by atoms with Crippen molar-refractivity contribution in [1.29, 1.82) is 0 Å². The number of benzene rings is 1. The van der Waals surface area contributed by atoms with Crippen molar-refractivity contribution in [3.8, 4) is 0 Å². The molecule has 0 bridgehead atoms. The highest BCUT2D eigenvalue weighted by Crippen LogP contribution is 2.12. The molecular weight excluding hydrogens is 208 g/mol. The van der Waals surface area contributed by atoms with E-state index < -0.39 is 17.4 Å². The molecule has 0 saturated carbocycles. The number of carbonyl (C=O) groups excluding carboxylic acids is 1. The summed E-state index contributed by atoms with van der Waals surface area (Å²) in [5, 5.41) is 12.9. The lowest BCUT2D eigenvalue weighted by Crippen LogP contribution is -2.21. The fourth-order valence-corrected chi connectivity index (χ4v) is 0.977. The Labute approximate surface area is 84.8 Å². The summed E-state index contributed by atoms with van der Waals surface area (Å²) < 4.78 is 0.